The van der Waals surface area contributed by atoms with Gasteiger partial charge in [-0.05, 0) is 43.0 Å². The lowest BCUT2D eigenvalue weighted by molar-refractivity contribution is -0.142. The largest absolute Gasteiger partial charge is 0.469 e. The highest BCUT2D eigenvalue weighted by Crippen LogP contribution is 2.35. The zero-order valence-corrected chi connectivity index (χ0v) is 19.1. The molecular weight excluding hydrogens is 457 g/mol. The maximum Gasteiger partial charge on any atom is 0.420 e. The second-order valence-corrected chi connectivity index (χ2v) is 7.94. The minimum atomic E-state index is -4.50. The number of carbonyl (C=O) groups excluding carboxylic acids is 2. The number of hydrogen-bond acceptors (Lipinski definition) is 4. The number of aromatic nitrogens is 2. The lowest BCUT2D eigenvalue weighted by atomic mass is 10.0. The molecule has 1 unspecified atom stereocenters. The number of carbonyl (C=O) groups is 2. The predicted octanol–water partition coefficient (Wildman–Crippen LogP) is 6.43. The highest BCUT2D eigenvalue weighted by molar-refractivity contribution is 5.79. The molecule has 0 spiro atoms. The second-order valence-electron chi connectivity index (χ2n) is 7.94. The van der Waals surface area contributed by atoms with Crippen molar-refractivity contribution >= 4 is 23.0 Å². The van der Waals surface area contributed by atoms with Crippen LogP contribution in [-0.4, -0.2) is 28.2 Å². The quantitative estimate of drug-likeness (QED) is 0.390. The van der Waals surface area contributed by atoms with Gasteiger partial charge in [-0.2, -0.15) is 13.2 Å². The molecule has 8 heteroatoms. The summed E-state index contributed by atoms with van der Waals surface area (Å²) in [5.74, 6) is -0.504. The van der Waals surface area contributed by atoms with Gasteiger partial charge in [-0.1, -0.05) is 56.0 Å². The summed E-state index contributed by atoms with van der Waals surface area (Å²) in [4.78, 5) is 26.2. The molecule has 0 radical (unpaired) electrons. The number of Topliss-reactive ketones (excluding diaryl/α,β-unsaturated/α-hetero) is 1. The van der Waals surface area contributed by atoms with Crippen LogP contribution >= 0.6 is 0 Å². The average Bonchev–Trinajstić information content (AvgIpc) is 3.47. The van der Waals surface area contributed by atoms with Gasteiger partial charge in [-0.25, -0.2) is 4.98 Å². The fraction of sp³-hybridized carbons (Fsp3) is 0.296. The minimum Gasteiger partial charge on any atom is -0.469 e. The Kier molecular flexibility index (Phi) is 9.17. The van der Waals surface area contributed by atoms with E-state index in [1.54, 1.807) is 12.3 Å². The second kappa shape index (κ2) is 11.6. The van der Waals surface area contributed by atoms with Crippen molar-refractivity contribution in [1.29, 1.82) is 0 Å². The van der Waals surface area contributed by atoms with E-state index < -0.39 is 11.7 Å². The molecule has 186 valence electrons. The summed E-state index contributed by atoms with van der Waals surface area (Å²) in [6.07, 6.45) is 4.90. The van der Waals surface area contributed by atoms with Crippen molar-refractivity contribution < 1.29 is 27.5 Å². The van der Waals surface area contributed by atoms with Gasteiger partial charge >= 0.3 is 12.1 Å². The van der Waals surface area contributed by atoms with Gasteiger partial charge in [0.05, 0.1) is 24.3 Å². The molecule has 0 fully saturated rings. The normalized spacial score (nSPS) is 13.4. The van der Waals surface area contributed by atoms with Gasteiger partial charge in [0.2, 0.25) is 0 Å². The zero-order valence-electron chi connectivity index (χ0n) is 19.1. The van der Waals surface area contributed by atoms with Gasteiger partial charge in [-0.15, -0.1) is 0 Å². The van der Waals surface area contributed by atoms with Crippen LogP contribution in [0.15, 0.2) is 67.0 Å². The average molecular weight is 487 g/mol. The number of nitrogens with zero attached hydrogens (tertiary/aromatic N) is 2. The van der Waals surface area contributed by atoms with Gasteiger partial charge in [0.15, 0.2) is 0 Å². The zero-order chi connectivity index (χ0) is 24.9. The van der Waals surface area contributed by atoms with E-state index in [-0.39, 0.29) is 37.2 Å². The first-order valence-corrected chi connectivity index (χ1v) is 10.7. The maximum atomic E-state index is 13.3. The maximum absolute atomic E-state index is 13.3. The van der Waals surface area contributed by atoms with E-state index in [1.807, 2.05) is 49.4 Å². The number of rotatable bonds is 5. The van der Waals surface area contributed by atoms with Gasteiger partial charge < -0.3 is 9.14 Å². The number of allylic oxidation sites excluding steroid dienone is 4. The third-order valence-corrected chi connectivity index (χ3v) is 5.30. The molecular formula is C27H29F3N2O3. The standard InChI is InChI=1S/C16H13F3N2O.C10H12O2.CH4/c1-10(22)6-13-9-21-8-12(11-4-2-3-5-11)7-14(15(21)20-13)16(17,18)19;1-8(10(11)12-2)9-6-4-3-5-7-9;/h2,4-5,7-9H,3,6H2,1H3;3-8H,1-2H3;1H4. The Labute approximate surface area is 202 Å². The summed E-state index contributed by atoms with van der Waals surface area (Å²) in [5.41, 5.74) is 1.61. The van der Waals surface area contributed by atoms with Crippen molar-refractivity contribution in [3.05, 3.63) is 89.4 Å². The van der Waals surface area contributed by atoms with Gasteiger partial charge in [0.25, 0.3) is 0 Å². The molecule has 0 aliphatic heterocycles. The number of methoxy groups -OCH3 is 1. The Morgan fingerprint density at radius 2 is 1.86 bits per heavy atom. The molecule has 0 saturated carbocycles. The number of esters is 1. The van der Waals surface area contributed by atoms with Crippen LogP contribution in [0.2, 0.25) is 0 Å². The van der Waals surface area contributed by atoms with Crippen LogP contribution in [0.3, 0.4) is 0 Å². The highest BCUT2D eigenvalue weighted by atomic mass is 19.4. The molecule has 1 aromatic carbocycles. The van der Waals surface area contributed by atoms with Crippen LogP contribution in [0.4, 0.5) is 13.2 Å². The Balaban J connectivity index is 0.000000284. The number of hydrogen-bond donors (Lipinski definition) is 0. The predicted molar refractivity (Wildman–Crippen MR) is 130 cm³/mol. The van der Waals surface area contributed by atoms with E-state index in [9.17, 15) is 22.8 Å². The molecule has 0 bridgehead atoms. The fourth-order valence-electron chi connectivity index (χ4n) is 3.58. The number of benzene rings is 1. The molecule has 3 aromatic rings. The van der Waals surface area contributed by atoms with E-state index in [2.05, 4.69) is 9.72 Å². The van der Waals surface area contributed by atoms with Crippen molar-refractivity contribution in [1.82, 2.24) is 9.38 Å². The van der Waals surface area contributed by atoms with E-state index in [1.165, 1.54) is 24.6 Å². The molecule has 2 aromatic heterocycles. The fourth-order valence-corrected chi connectivity index (χ4v) is 3.58. The van der Waals surface area contributed by atoms with Crippen LogP contribution in [0.5, 0.6) is 0 Å². The monoisotopic (exact) mass is 486 g/mol. The van der Waals surface area contributed by atoms with Crippen molar-refractivity contribution in [3.63, 3.8) is 0 Å². The molecule has 5 nitrogen and oxygen atoms in total. The number of ether oxygens (including phenoxy) is 1. The van der Waals surface area contributed by atoms with Crippen LogP contribution in [-0.2, 0) is 26.9 Å². The lowest BCUT2D eigenvalue weighted by Crippen LogP contribution is -2.10. The Hall–Kier alpha value is -3.68. The number of fused-ring (bicyclic) bond motifs is 1. The van der Waals surface area contributed by atoms with Crippen molar-refractivity contribution in [2.75, 3.05) is 7.11 Å². The van der Waals surface area contributed by atoms with Gasteiger partial charge in [0, 0.05) is 18.8 Å². The molecule has 0 amide bonds. The third-order valence-electron chi connectivity index (χ3n) is 5.30. The van der Waals surface area contributed by atoms with Gasteiger partial charge in [0.1, 0.15) is 11.4 Å². The Morgan fingerprint density at radius 3 is 2.40 bits per heavy atom. The van der Waals surface area contributed by atoms with Crippen LogP contribution in [0, 0.1) is 0 Å². The topological polar surface area (TPSA) is 60.7 Å². The van der Waals surface area contributed by atoms with Crippen molar-refractivity contribution in [2.24, 2.45) is 0 Å². The molecule has 1 atom stereocenters. The summed E-state index contributed by atoms with van der Waals surface area (Å²) in [7, 11) is 1.40. The number of pyridine rings is 1. The minimum absolute atomic E-state index is 0. The molecule has 2 heterocycles. The number of ketones is 1. The van der Waals surface area contributed by atoms with E-state index >= 15 is 0 Å². The van der Waals surface area contributed by atoms with Crippen molar-refractivity contribution in [3.8, 4) is 0 Å². The molecule has 0 N–H and O–H groups in total. The summed E-state index contributed by atoms with van der Waals surface area (Å²) in [6, 6.07) is 10.7. The first-order chi connectivity index (χ1) is 16.1. The molecule has 35 heavy (non-hydrogen) atoms. The Bertz CT molecular complexity index is 1240. The molecule has 1 aliphatic rings. The van der Waals surface area contributed by atoms with Crippen LogP contribution in [0.25, 0.3) is 11.2 Å². The number of imidazole rings is 1. The first-order valence-electron chi connectivity index (χ1n) is 10.7. The number of alkyl halides is 3. The SMILES string of the molecule is C.CC(=O)Cc1cn2cc(C3=CCC=C3)cc(C(F)(F)F)c2n1.COC(=O)C(C)c1ccccc1. The number of halogens is 3. The van der Waals surface area contributed by atoms with Crippen molar-refractivity contribution in [2.45, 2.75) is 46.2 Å². The van der Waals surface area contributed by atoms with E-state index in [0.29, 0.717) is 17.7 Å². The van der Waals surface area contributed by atoms with Crippen LogP contribution in [0.1, 0.15) is 56.0 Å². The van der Waals surface area contributed by atoms with Crippen LogP contribution < -0.4 is 0 Å². The summed E-state index contributed by atoms with van der Waals surface area (Å²) >= 11 is 0. The van der Waals surface area contributed by atoms with E-state index in [0.717, 1.165) is 17.2 Å². The Morgan fingerprint density at radius 1 is 1.17 bits per heavy atom. The molecule has 1 aliphatic carbocycles. The summed E-state index contributed by atoms with van der Waals surface area (Å²) in [5, 5.41) is 0. The lowest BCUT2D eigenvalue weighted by Gasteiger charge is -2.11. The van der Waals surface area contributed by atoms with E-state index in [4.69, 9.17) is 0 Å². The molecule has 0 saturated heterocycles. The summed E-state index contributed by atoms with van der Waals surface area (Å²) < 4.78 is 45.9. The first kappa shape index (κ1) is 27.6. The third kappa shape index (κ3) is 6.91. The molecule has 4 rings (SSSR count). The summed E-state index contributed by atoms with van der Waals surface area (Å²) in [6.45, 7) is 3.22. The smallest absolute Gasteiger partial charge is 0.420 e. The van der Waals surface area contributed by atoms with Gasteiger partial charge in [-0.3, -0.25) is 9.59 Å². The highest BCUT2D eigenvalue weighted by Gasteiger charge is 2.35.